The number of hydrogen-bond acceptors (Lipinski definition) is 3. The molecule has 3 atom stereocenters. The molecule has 1 saturated carbocycles. The minimum absolute atomic E-state index is 0.284. The van der Waals surface area contributed by atoms with Gasteiger partial charge in [0.15, 0.2) is 0 Å². The van der Waals surface area contributed by atoms with Crippen LogP contribution in [0.4, 0.5) is 0 Å². The van der Waals surface area contributed by atoms with E-state index in [-0.39, 0.29) is 5.92 Å². The Bertz CT molecular complexity index is 798. The zero-order valence-corrected chi connectivity index (χ0v) is 17.9. The number of unbranched alkanes of at least 4 members (excludes halogenated alkanes) is 1. The third-order valence-electron chi connectivity index (χ3n) is 5.28. The molecule has 1 aromatic carbocycles. The average molecular weight is 395 g/mol. The maximum Gasteiger partial charge on any atom is 0.0852 e. The molecule has 1 aromatic rings. The Kier molecular flexibility index (Phi) is 8.46. The van der Waals surface area contributed by atoms with Crippen molar-refractivity contribution < 1.29 is 15.3 Å². The van der Waals surface area contributed by atoms with Crippen molar-refractivity contribution in [3.63, 3.8) is 0 Å². The molecule has 0 heterocycles. The van der Waals surface area contributed by atoms with E-state index in [9.17, 15) is 15.3 Å². The van der Waals surface area contributed by atoms with Gasteiger partial charge in [-0.1, -0.05) is 67.3 Å². The summed E-state index contributed by atoms with van der Waals surface area (Å²) in [7, 11) is 0. The molecule has 0 radical (unpaired) electrons. The summed E-state index contributed by atoms with van der Waals surface area (Å²) in [6.07, 6.45) is 8.98. The van der Waals surface area contributed by atoms with Gasteiger partial charge in [-0.25, -0.2) is 0 Å². The van der Waals surface area contributed by atoms with Gasteiger partial charge in [0.1, 0.15) is 0 Å². The second-order valence-electron chi connectivity index (χ2n) is 8.47. The van der Waals surface area contributed by atoms with E-state index in [1.165, 1.54) is 0 Å². The summed E-state index contributed by atoms with van der Waals surface area (Å²) in [5, 5.41) is 30.0. The van der Waals surface area contributed by atoms with E-state index in [2.05, 4.69) is 31.4 Å². The van der Waals surface area contributed by atoms with Crippen molar-refractivity contribution in [2.75, 3.05) is 0 Å². The normalized spacial score (nSPS) is 22.6. The molecular formula is C26H34O3. The minimum atomic E-state index is -0.897. The minimum Gasteiger partial charge on any atom is -0.388 e. The number of allylic oxidation sites excluding steroid dienone is 3. The second-order valence-corrected chi connectivity index (χ2v) is 8.47. The molecule has 0 saturated heterocycles. The van der Waals surface area contributed by atoms with E-state index in [1.807, 2.05) is 36.4 Å². The molecule has 2 rings (SSSR count). The van der Waals surface area contributed by atoms with Crippen LogP contribution >= 0.6 is 0 Å². The van der Waals surface area contributed by atoms with Crippen LogP contribution < -0.4 is 0 Å². The van der Waals surface area contributed by atoms with Crippen LogP contribution in [-0.4, -0.2) is 27.5 Å². The molecule has 1 aliphatic rings. The van der Waals surface area contributed by atoms with Gasteiger partial charge in [-0.15, -0.1) is 0 Å². The summed E-state index contributed by atoms with van der Waals surface area (Å²) < 4.78 is 0. The molecule has 0 aliphatic heterocycles. The van der Waals surface area contributed by atoms with Gasteiger partial charge in [0, 0.05) is 11.5 Å². The zero-order valence-electron chi connectivity index (χ0n) is 17.9. The van der Waals surface area contributed by atoms with Crippen LogP contribution in [0.3, 0.4) is 0 Å². The van der Waals surface area contributed by atoms with Crippen LogP contribution in [-0.2, 0) is 5.60 Å². The highest BCUT2D eigenvalue weighted by Crippen LogP contribution is 2.27. The lowest BCUT2D eigenvalue weighted by Crippen LogP contribution is -2.27. The van der Waals surface area contributed by atoms with Gasteiger partial charge >= 0.3 is 0 Å². The molecule has 156 valence electrons. The SMILES string of the molecule is C=C1[C@H](O)CC(=CC=CCCC[C@@H](C)C#Cc2ccccc2C(C)(C)O)C[C@@H]1O. The maximum atomic E-state index is 10.3. The smallest absolute Gasteiger partial charge is 0.0852 e. The zero-order chi connectivity index (χ0) is 21.4. The first-order valence-electron chi connectivity index (χ1n) is 10.4. The fraction of sp³-hybridized carbons (Fsp3) is 0.462. The summed E-state index contributed by atoms with van der Waals surface area (Å²) in [6.45, 7) is 9.42. The summed E-state index contributed by atoms with van der Waals surface area (Å²) in [5.41, 5.74) is 2.42. The van der Waals surface area contributed by atoms with Gasteiger partial charge in [0.25, 0.3) is 0 Å². The lowest BCUT2D eigenvalue weighted by Gasteiger charge is -2.27. The van der Waals surface area contributed by atoms with E-state index >= 15 is 0 Å². The summed E-state index contributed by atoms with van der Waals surface area (Å²) in [6, 6.07) is 7.75. The first-order chi connectivity index (χ1) is 13.7. The Morgan fingerprint density at radius 3 is 2.52 bits per heavy atom. The molecule has 0 bridgehead atoms. The molecule has 1 aliphatic carbocycles. The molecule has 29 heavy (non-hydrogen) atoms. The van der Waals surface area contributed by atoms with Gasteiger partial charge in [0.2, 0.25) is 0 Å². The second kappa shape index (κ2) is 10.6. The van der Waals surface area contributed by atoms with Crippen molar-refractivity contribution in [2.24, 2.45) is 5.92 Å². The van der Waals surface area contributed by atoms with Crippen LogP contribution in [0.2, 0.25) is 0 Å². The Morgan fingerprint density at radius 1 is 1.21 bits per heavy atom. The van der Waals surface area contributed by atoms with Crippen molar-refractivity contribution in [1.29, 1.82) is 0 Å². The summed E-state index contributed by atoms with van der Waals surface area (Å²) in [5.74, 6) is 6.82. The Balaban J connectivity index is 1.80. The maximum absolute atomic E-state index is 10.3. The highest BCUT2D eigenvalue weighted by Gasteiger charge is 2.25. The fourth-order valence-corrected chi connectivity index (χ4v) is 3.44. The van der Waals surface area contributed by atoms with Crippen LogP contribution in [0, 0.1) is 17.8 Å². The van der Waals surface area contributed by atoms with E-state index < -0.39 is 17.8 Å². The van der Waals surface area contributed by atoms with Gasteiger partial charge in [-0.2, -0.15) is 0 Å². The highest BCUT2D eigenvalue weighted by molar-refractivity contribution is 5.44. The van der Waals surface area contributed by atoms with Gasteiger partial charge < -0.3 is 15.3 Å². The van der Waals surface area contributed by atoms with Crippen molar-refractivity contribution in [1.82, 2.24) is 0 Å². The molecule has 3 heteroatoms. The molecule has 0 amide bonds. The van der Waals surface area contributed by atoms with E-state index in [0.29, 0.717) is 18.4 Å². The van der Waals surface area contributed by atoms with Crippen LogP contribution in [0.15, 0.2) is 60.2 Å². The summed E-state index contributed by atoms with van der Waals surface area (Å²) in [4.78, 5) is 0. The molecule has 0 aromatic heterocycles. The van der Waals surface area contributed by atoms with Crippen LogP contribution in [0.5, 0.6) is 0 Å². The summed E-state index contributed by atoms with van der Waals surface area (Å²) >= 11 is 0. The van der Waals surface area contributed by atoms with Gasteiger partial charge in [0.05, 0.1) is 17.8 Å². The third-order valence-corrected chi connectivity index (χ3v) is 5.28. The van der Waals surface area contributed by atoms with Gasteiger partial charge in [-0.05, 0) is 63.2 Å². The van der Waals surface area contributed by atoms with Crippen LogP contribution in [0.1, 0.15) is 64.0 Å². The molecule has 0 spiro atoms. The van der Waals surface area contributed by atoms with Crippen molar-refractivity contribution in [2.45, 2.75) is 70.7 Å². The van der Waals surface area contributed by atoms with Gasteiger partial charge in [-0.3, -0.25) is 0 Å². The fourth-order valence-electron chi connectivity index (χ4n) is 3.44. The third kappa shape index (κ3) is 7.33. The standard InChI is InChI=1S/C26H34O3/c1-19(15-16-22-13-9-10-14-23(22)26(3,4)29)11-7-5-6-8-12-21-17-24(27)20(2)25(28)18-21/h6,8-10,12-14,19,24-25,27-29H,2,5,7,11,17-18H2,1,3-4H3/t19-,24-,25+/m1/s1. The van der Waals surface area contributed by atoms with E-state index in [4.69, 9.17) is 0 Å². The number of hydrogen-bond donors (Lipinski definition) is 3. The number of benzene rings is 1. The number of aliphatic hydroxyl groups is 3. The Morgan fingerprint density at radius 2 is 1.86 bits per heavy atom. The average Bonchev–Trinajstić information content (AvgIpc) is 2.66. The predicted molar refractivity (Wildman–Crippen MR) is 119 cm³/mol. The number of aliphatic hydroxyl groups excluding tert-OH is 2. The predicted octanol–water partition coefficient (Wildman–Crippen LogP) is 4.63. The Hall–Kier alpha value is -2.12. The molecule has 0 unspecified atom stereocenters. The molecular weight excluding hydrogens is 360 g/mol. The first kappa shape index (κ1) is 23.2. The number of rotatable bonds is 6. The van der Waals surface area contributed by atoms with Crippen molar-refractivity contribution in [3.05, 3.63) is 71.3 Å². The van der Waals surface area contributed by atoms with E-state index in [0.717, 1.165) is 36.0 Å². The molecule has 1 fully saturated rings. The Labute approximate surface area is 175 Å². The van der Waals surface area contributed by atoms with E-state index in [1.54, 1.807) is 13.8 Å². The van der Waals surface area contributed by atoms with Crippen molar-refractivity contribution in [3.8, 4) is 11.8 Å². The quantitative estimate of drug-likeness (QED) is 0.375. The lowest BCUT2D eigenvalue weighted by atomic mass is 9.86. The topological polar surface area (TPSA) is 60.7 Å². The lowest BCUT2D eigenvalue weighted by molar-refractivity contribution is 0.0783. The van der Waals surface area contributed by atoms with Crippen molar-refractivity contribution >= 4 is 0 Å². The van der Waals surface area contributed by atoms with Crippen LogP contribution in [0.25, 0.3) is 0 Å². The largest absolute Gasteiger partial charge is 0.388 e. The molecule has 3 nitrogen and oxygen atoms in total. The monoisotopic (exact) mass is 394 g/mol. The highest BCUT2D eigenvalue weighted by atomic mass is 16.3. The first-order valence-corrected chi connectivity index (χ1v) is 10.4. The molecule has 3 N–H and O–H groups in total.